The van der Waals surface area contributed by atoms with E-state index in [0.717, 1.165) is 0 Å². The predicted molar refractivity (Wildman–Crippen MR) is 74.0 cm³/mol. The van der Waals surface area contributed by atoms with E-state index in [4.69, 9.17) is 9.47 Å². The van der Waals surface area contributed by atoms with Gasteiger partial charge in [0.05, 0.1) is 37.8 Å². The molecule has 112 valence electrons. The number of nitriles is 1. The lowest BCUT2D eigenvalue weighted by molar-refractivity contribution is -0.146. The minimum atomic E-state index is -1.38. The lowest BCUT2D eigenvalue weighted by atomic mass is 9.79. The number of pyridine rings is 1. The van der Waals surface area contributed by atoms with Gasteiger partial charge in [-0.25, -0.2) is 0 Å². The number of carbonyl (C=O) groups is 2. The molecule has 0 bridgehead atoms. The van der Waals surface area contributed by atoms with Crippen LogP contribution >= 0.6 is 0 Å². The third-order valence-electron chi connectivity index (χ3n) is 2.87. The molecule has 1 heterocycles. The van der Waals surface area contributed by atoms with Crippen molar-refractivity contribution in [3.05, 3.63) is 30.1 Å². The maximum absolute atomic E-state index is 11.8. The van der Waals surface area contributed by atoms with Gasteiger partial charge in [-0.3, -0.25) is 14.6 Å². The van der Waals surface area contributed by atoms with E-state index in [2.05, 4.69) is 4.98 Å². The van der Waals surface area contributed by atoms with Crippen LogP contribution in [0.1, 0.15) is 32.4 Å². The van der Waals surface area contributed by atoms with Crippen LogP contribution in [-0.2, 0) is 24.5 Å². The average molecular weight is 290 g/mol. The molecule has 0 spiro atoms. The third kappa shape index (κ3) is 4.56. The van der Waals surface area contributed by atoms with Crippen molar-refractivity contribution < 1.29 is 19.1 Å². The smallest absolute Gasteiger partial charge is 0.307 e. The Bertz CT molecular complexity index is 502. The van der Waals surface area contributed by atoms with Crippen LogP contribution in [0.25, 0.3) is 0 Å². The minimum Gasteiger partial charge on any atom is -0.466 e. The van der Waals surface area contributed by atoms with Crippen LogP contribution < -0.4 is 0 Å². The zero-order chi connectivity index (χ0) is 15.7. The van der Waals surface area contributed by atoms with Crippen molar-refractivity contribution in [1.82, 2.24) is 4.98 Å². The van der Waals surface area contributed by atoms with Gasteiger partial charge in [-0.05, 0) is 26.0 Å². The molecule has 1 aromatic rings. The van der Waals surface area contributed by atoms with Crippen LogP contribution in [-0.4, -0.2) is 30.1 Å². The summed E-state index contributed by atoms with van der Waals surface area (Å²) in [6.45, 7) is 3.78. The van der Waals surface area contributed by atoms with Crippen molar-refractivity contribution in [3.63, 3.8) is 0 Å². The van der Waals surface area contributed by atoms with Gasteiger partial charge < -0.3 is 9.47 Å². The Morgan fingerprint density at radius 2 is 1.76 bits per heavy atom. The first-order valence-corrected chi connectivity index (χ1v) is 6.72. The van der Waals surface area contributed by atoms with Gasteiger partial charge in [0, 0.05) is 6.20 Å². The van der Waals surface area contributed by atoms with Gasteiger partial charge in [0.2, 0.25) is 0 Å². The first kappa shape index (κ1) is 16.6. The molecule has 21 heavy (non-hydrogen) atoms. The van der Waals surface area contributed by atoms with E-state index in [0.29, 0.717) is 5.69 Å². The fourth-order valence-corrected chi connectivity index (χ4v) is 1.94. The molecule has 0 aliphatic rings. The van der Waals surface area contributed by atoms with Crippen LogP contribution in [0.15, 0.2) is 24.4 Å². The summed E-state index contributed by atoms with van der Waals surface area (Å²) in [7, 11) is 0. The number of aromatic nitrogens is 1. The molecule has 1 aromatic heterocycles. The summed E-state index contributed by atoms with van der Waals surface area (Å²) in [6, 6.07) is 7.05. The van der Waals surface area contributed by atoms with Gasteiger partial charge in [0.25, 0.3) is 0 Å². The monoisotopic (exact) mass is 290 g/mol. The Morgan fingerprint density at radius 3 is 2.14 bits per heavy atom. The number of rotatable bonds is 7. The van der Waals surface area contributed by atoms with Crippen molar-refractivity contribution in [1.29, 1.82) is 5.26 Å². The quantitative estimate of drug-likeness (QED) is 0.711. The maximum Gasteiger partial charge on any atom is 0.307 e. The second-order valence-electron chi connectivity index (χ2n) is 4.37. The van der Waals surface area contributed by atoms with E-state index in [1.807, 2.05) is 6.07 Å². The first-order valence-electron chi connectivity index (χ1n) is 6.72. The highest BCUT2D eigenvalue weighted by Crippen LogP contribution is 2.31. The molecule has 0 fully saturated rings. The topological polar surface area (TPSA) is 89.3 Å². The molecular formula is C15H18N2O4. The highest BCUT2D eigenvalue weighted by molar-refractivity contribution is 5.77. The Kier molecular flexibility index (Phi) is 6.34. The van der Waals surface area contributed by atoms with Crippen LogP contribution in [0.4, 0.5) is 0 Å². The van der Waals surface area contributed by atoms with Crippen molar-refractivity contribution >= 4 is 11.9 Å². The van der Waals surface area contributed by atoms with E-state index in [9.17, 15) is 14.9 Å². The number of esters is 2. The molecule has 0 aliphatic heterocycles. The average Bonchev–Trinajstić information content (AvgIpc) is 2.48. The zero-order valence-corrected chi connectivity index (χ0v) is 12.2. The summed E-state index contributed by atoms with van der Waals surface area (Å²) >= 11 is 0. The minimum absolute atomic E-state index is 0.210. The standard InChI is InChI=1S/C15H18N2O4/c1-3-20-13(18)9-15(11-16,10-14(19)21-4-2)12-7-5-6-8-17-12/h5-8H,3-4,9-10H2,1-2H3. The molecule has 6 nitrogen and oxygen atoms in total. The lowest BCUT2D eigenvalue weighted by Crippen LogP contribution is -2.33. The van der Waals surface area contributed by atoms with E-state index < -0.39 is 17.4 Å². The number of nitrogens with zero attached hydrogens (tertiary/aromatic N) is 2. The second kappa shape index (κ2) is 8.00. The third-order valence-corrected chi connectivity index (χ3v) is 2.87. The zero-order valence-electron chi connectivity index (χ0n) is 12.2. The molecular weight excluding hydrogens is 272 g/mol. The molecule has 0 unspecified atom stereocenters. The first-order chi connectivity index (χ1) is 10.1. The maximum atomic E-state index is 11.8. The van der Waals surface area contributed by atoms with Gasteiger partial charge in [-0.2, -0.15) is 5.26 Å². The normalized spacial score (nSPS) is 10.5. The summed E-state index contributed by atoms with van der Waals surface area (Å²) in [5, 5.41) is 9.56. The Hall–Kier alpha value is -2.42. The number of carbonyl (C=O) groups excluding carboxylic acids is 2. The molecule has 0 aromatic carbocycles. The van der Waals surface area contributed by atoms with E-state index in [-0.39, 0.29) is 26.1 Å². The van der Waals surface area contributed by atoms with Crippen molar-refractivity contribution in [3.8, 4) is 6.07 Å². The summed E-state index contributed by atoms with van der Waals surface area (Å²) in [5.74, 6) is -1.09. The molecule has 6 heteroatoms. The fourth-order valence-electron chi connectivity index (χ4n) is 1.94. The molecule has 0 atom stereocenters. The molecule has 0 N–H and O–H groups in total. The SMILES string of the molecule is CCOC(=O)CC(C#N)(CC(=O)OCC)c1ccccn1. The van der Waals surface area contributed by atoms with Crippen LogP contribution in [0.5, 0.6) is 0 Å². The summed E-state index contributed by atoms with van der Waals surface area (Å²) in [4.78, 5) is 27.7. The summed E-state index contributed by atoms with van der Waals surface area (Å²) < 4.78 is 9.78. The van der Waals surface area contributed by atoms with Crippen LogP contribution in [0.2, 0.25) is 0 Å². The van der Waals surface area contributed by atoms with Gasteiger partial charge >= 0.3 is 11.9 Å². The van der Waals surface area contributed by atoms with Crippen LogP contribution in [0, 0.1) is 11.3 Å². The summed E-state index contributed by atoms with van der Waals surface area (Å²) in [6.07, 6.45) is 1.03. The van der Waals surface area contributed by atoms with Gasteiger partial charge in [-0.1, -0.05) is 6.07 Å². The van der Waals surface area contributed by atoms with Crippen molar-refractivity contribution in [2.24, 2.45) is 0 Å². The highest BCUT2D eigenvalue weighted by Gasteiger charge is 2.40. The Balaban J connectivity index is 3.10. The Labute approximate surface area is 123 Å². The van der Waals surface area contributed by atoms with E-state index in [1.54, 1.807) is 32.0 Å². The van der Waals surface area contributed by atoms with Gasteiger partial charge in [0.15, 0.2) is 0 Å². The molecule has 0 saturated carbocycles. The summed E-state index contributed by atoms with van der Waals surface area (Å²) in [5.41, 5.74) is -1.02. The van der Waals surface area contributed by atoms with E-state index >= 15 is 0 Å². The Morgan fingerprint density at radius 1 is 1.19 bits per heavy atom. The largest absolute Gasteiger partial charge is 0.466 e. The molecule has 0 amide bonds. The van der Waals surface area contributed by atoms with Gasteiger partial charge in [-0.15, -0.1) is 0 Å². The van der Waals surface area contributed by atoms with Crippen molar-refractivity contribution in [2.75, 3.05) is 13.2 Å². The van der Waals surface area contributed by atoms with Crippen molar-refractivity contribution in [2.45, 2.75) is 32.1 Å². The molecule has 0 radical (unpaired) electrons. The second-order valence-corrected chi connectivity index (χ2v) is 4.37. The van der Waals surface area contributed by atoms with Crippen LogP contribution in [0.3, 0.4) is 0 Å². The van der Waals surface area contributed by atoms with E-state index in [1.165, 1.54) is 6.20 Å². The number of ether oxygens (including phenoxy) is 2. The van der Waals surface area contributed by atoms with Gasteiger partial charge in [0.1, 0.15) is 5.41 Å². The lowest BCUT2D eigenvalue weighted by Gasteiger charge is -2.24. The molecule has 0 aliphatic carbocycles. The predicted octanol–water partition coefficient (Wildman–Crippen LogP) is 1.75. The number of hydrogen-bond donors (Lipinski definition) is 0. The highest BCUT2D eigenvalue weighted by atomic mass is 16.5. The number of hydrogen-bond acceptors (Lipinski definition) is 6. The molecule has 0 saturated heterocycles. The molecule has 1 rings (SSSR count). The fraction of sp³-hybridized carbons (Fsp3) is 0.467.